The zero-order valence-corrected chi connectivity index (χ0v) is 13.5. The molecule has 0 radical (unpaired) electrons. The summed E-state index contributed by atoms with van der Waals surface area (Å²) < 4.78 is 34.2. The van der Waals surface area contributed by atoms with E-state index in [-0.39, 0.29) is 28.6 Å². The second-order valence-corrected chi connectivity index (χ2v) is 6.17. The first-order chi connectivity index (χ1) is 11.5. The molecular weight excluding hydrogens is 316 g/mol. The van der Waals surface area contributed by atoms with Gasteiger partial charge in [-0.3, -0.25) is 9.69 Å². The molecule has 1 saturated heterocycles. The third kappa shape index (κ3) is 3.33. The fourth-order valence-electron chi connectivity index (χ4n) is 3.25. The maximum Gasteiger partial charge on any atom is 0.251 e. The van der Waals surface area contributed by atoms with E-state index in [1.807, 2.05) is 0 Å². The van der Waals surface area contributed by atoms with Gasteiger partial charge in [-0.25, -0.2) is 8.78 Å². The van der Waals surface area contributed by atoms with Gasteiger partial charge in [0, 0.05) is 50.3 Å². The van der Waals surface area contributed by atoms with Gasteiger partial charge in [-0.15, -0.1) is 0 Å². The number of nitrogens with zero attached hydrogens (tertiary/aromatic N) is 2. The Morgan fingerprint density at radius 2 is 2.08 bits per heavy atom. The lowest BCUT2D eigenvalue weighted by Gasteiger charge is -2.36. The number of likely N-dealkylation sites (tertiary alicyclic amines) is 1. The Morgan fingerprint density at radius 3 is 2.83 bits per heavy atom. The second kappa shape index (κ2) is 6.96. The van der Waals surface area contributed by atoms with Crippen molar-refractivity contribution in [2.75, 3.05) is 26.7 Å². The minimum Gasteiger partial charge on any atom is -0.379 e. The molecule has 1 aromatic heterocycles. The fourth-order valence-corrected chi connectivity index (χ4v) is 3.25. The number of halogens is 2. The molecule has 1 aliphatic rings. The molecule has 0 spiro atoms. The molecule has 7 heteroatoms. The van der Waals surface area contributed by atoms with Gasteiger partial charge < -0.3 is 15.0 Å². The Hall–Kier alpha value is -1.83. The summed E-state index contributed by atoms with van der Waals surface area (Å²) in [4.78, 5) is 14.3. The van der Waals surface area contributed by atoms with Crippen molar-refractivity contribution in [1.29, 1.82) is 0 Å². The van der Waals surface area contributed by atoms with Crippen molar-refractivity contribution in [2.45, 2.75) is 25.1 Å². The van der Waals surface area contributed by atoms with Gasteiger partial charge >= 0.3 is 0 Å². The van der Waals surface area contributed by atoms with Crippen LogP contribution in [0.2, 0.25) is 0 Å². The second-order valence-electron chi connectivity index (χ2n) is 6.17. The molecule has 3 rings (SSSR count). The molecule has 5 nitrogen and oxygen atoms in total. The first kappa shape index (κ1) is 17.0. The quantitative estimate of drug-likeness (QED) is 0.914. The minimum absolute atomic E-state index is 0.00900. The number of hydrogen-bond acceptors (Lipinski definition) is 4. The molecule has 130 valence electrons. The molecule has 24 heavy (non-hydrogen) atoms. The van der Waals surface area contributed by atoms with Crippen LogP contribution in [0.3, 0.4) is 0 Å². The fraction of sp³-hybridized carbons (Fsp3) is 0.471. The monoisotopic (exact) mass is 337 g/mol. The molecule has 0 aliphatic carbocycles. The Bertz CT molecular complexity index is 793. The van der Waals surface area contributed by atoms with E-state index in [0.717, 1.165) is 19.0 Å². The van der Waals surface area contributed by atoms with Crippen molar-refractivity contribution in [1.82, 2.24) is 9.47 Å². The smallest absolute Gasteiger partial charge is 0.251 e. The summed E-state index contributed by atoms with van der Waals surface area (Å²) in [6.45, 7) is 2.43. The number of fused-ring (bicyclic) bond motifs is 1. The van der Waals surface area contributed by atoms with Crippen molar-refractivity contribution >= 4 is 10.9 Å². The van der Waals surface area contributed by atoms with Crippen molar-refractivity contribution in [3.05, 3.63) is 46.3 Å². The molecule has 2 N–H and O–H groups in total. The maximum atomic E-state index is 13.9. The predicted octanol–water partition coefficient (Wildman–Crippen LogP) is 1.33. The van der Waals surface area contributed by atoms with E-state index in [9.17, 15) is 13.6 Å². The Kier molecular flexibility index (Phi) is 4.93. The topological polar surface area (TPSA) is 60.5 Å². The number of piperidine rings is 1. The summed E-state index contributed by atoms with van der Waals surface area (Å²) in [5.41, 5.74) is 6.00. The lowest BCUT2D eigenvalue weighted by Crippen LogP contribution is -2.52. The number of pyridine rings is 1. The molecule has 2 unspecified atom stereocenters. The summed E-state index contributed by atoms with van der Waals surface area (Å²) in [7, 11) is 1.63. The van der Waals surface area contributed by atoms with Crippen LogP contribution in [0.25, 0.3) is 10.9 Å². The van der Waals surface area contributed by atoms with Gasteiger partial charge in [0.05, 0.1) is 11.6 Å². The highest BCUT2D eigenvalue weighted by molar-refractivity contribution is 5.79. The number of aromatic nitrogens is 1. The standard InChI is InChI=1S/C17H21F2N3O2/c1-24-16-10-21(5-4-14(16)20)6-7-22-15-9-11(18)8-13(19)12(15)2-3-17(22)23/h2-3,8-9,14,16H,4-7,10,20H2,1H3. The minimum atomic E-state index is -0.692. The molecule has 1 aromatic carbocycles. The van der Waals surface area contributed by atoms with Crippen LogP contribution in [-0.4, -0.2) is 48.4 Å². The Labute approximate surface area is 138 Å². The van der Waals surface area contributed by atoms with Crippen LogP contribution in [0, 0.1) is 11.6 Å². The Balaban J connectivity index is 1.83. The predicted molar refractivity (Wildman–Crippen MR) is 88.0 cm³/mol. The number of hydrogen-bond donors (Lipinski definition) is 1. The first-order valence-electron chi connectivity index (χ1n) is 7.99. The molecule has 2 aromatic rings. The summed E-state index contributed by atoms with van der Waals surface area (Å²) >= 11 is 0. The number of rotatable bonds is 4. The van der Waals surface area contributed by atoms with Gasteiger partial charge in [-0.05, 0) is 25.1 Å². The molecule has 2 atom stereocenters. The zero-order valence-electron chi connectivity index (χ0n) is 13.5. The lowest BCUT2D eigenvalue weighted by molar-refractivity contribution is 0.0158. The van der Waals surface area contributed by atoms with Crippen LogP contribution >= 0.6 is 0 Å². The molecule has 1 aliphatic heterocycles. The van der Waals surface area contributed by atoms with Crippen LogP contribution in [0.15, 0.2) is 29.1 Å². The highest BCUT2D eigenvalue weighted by Crippen LogP contribution is 2.18. The van der Waals surface area contributed by atoms with Gasteiger partial charge in [0.1, 0.15) is 11.6 Å². The SMILES string of the molecule is COC1CN(CCn2c(=O)ccc3c(F)cc(F)cc32)CCC1N. The van der Waals surface area contributed by atoms with E-state index in [2.05, 4.69) is 4.90 Å². The van der Waals surface area contributed by atoms with E-state index in [0.29, 0.717) is 19.6 Å². The van der Waals surface area contributed by atoms with Gasteiger partial charge in [0.2, 0.25) is 0 Å². The van der Waals surface area contributed by atoms with Crippen LogP contribution in [0.1, 0.15) is 6.42 Å². The van der Waals surface area contributed by atoms with Crippen LogP contribution in [-0.2, 0) is 11.3 Å². The van der Waals surface area contributed by atoms with Crippen molar-refractivity contribution < 1.29 is 13.5 Å². The third-order valence-corrected chi connectivity index (χ3v) is 4.66. The van der Waals surface area contributed by atoms with Gasteiger partial charge in [0.15, 0.2) is 0 Å². The number of methoxy groups -OCH3 is 1. The molecule has 1 fully saturated rings. The average molecular weight is 337 g/mol. The van der Waals surface area contributed by atoms with Crippen LogP contribution < -0.4 is 11.3 Å². The molecule has 0 amide bonds. The highest BCUT2D eigenvalue weighted by Gasteiger charge is 2.26. The van der Waals surface area contributed by atoms with E-state index in [1.54, 1.807) is 7.11 Å². The number of nitrogens with two attached hydrogens (primary N) is 1. The first-order valence-corrected chi connectivity index (χ1v) is 7.99. The summed E-state index contributed by atoms with van der Waals surface area (Å²) in [6, 6.07) is 4.74. The van der Waals surface area contributed by atoms with Crippen molar-refractivity contribution in [3.8, 4) is 0 Å². The molecule has 2 heterocycles. The Morgan fingerprint density at radius 1 is 1.29 bits per heavy atom. The van der Waals surface area contributed by atoms with Crippen LogP contribution in [0.4, 0.5) is 8.78 Å². The lowest BCUT2D eigenvalue weighted by atomic mass is 10.0. The van der Waals surface area contributed by atoms with Crippen molar-refractivity contribution in [2.24, 2.45) is 5.73 Å². The van der Waals surface area contributed by atoms with Gasteiger partial charge in [-0.2, -0.15) is 0 Å². The van der Waals surface area contributed by atoms with Gasteiger partial charge in [0.25, 0.3) is 5.56 Å². The largest absolute Gasteiger partial charge is 0.379 e. The van der Waals surface area contributed by atoms with E-state index < -0.39 is 11.6 Å². The number of benzene rings is 1. The number of ether oxygens (including phenoxy) is 1. The van der Waals surface area contributed by atoms with E-state index in [4.69, 9.17) is 10.5 Å². The van der Waals surface area contributed by atoms with Crippen molar-refractivity contribution in [3.63, 3.8) is 0 Å². The molecule has 0 bridgehead atoms. The van der Waals surface area contributed by atoms with E-state index in [1.165, 1.54) is 22.8 Å². The summed E-state index contributed by atoms with van der Waals surface area (Å²) in [5.74, 6) is -1.36. The third-order valence-electron chi connectivity index (χ3n) is 4.66. The van der Waals surface area contributed by atoms with Crippen LogP contribution in [0.5, 0.6) is 0 Å². The molecular formula is C17H21F2N3O2. The zero-order chi connectivity index (χ0) is 17.3. The maximum absolute atomic E-state index is 13.9. The summed E-state index contributed by atoms with van der Waals surface area (Å²) in [6.07, 6.45) is 0.768. The van der Waals surface area contributed by atoms with Gasteiger partial charge in [-0.1, -0.05) is 0 Å². The average Bonchev–Trinajstić information content (AvgIpc) is 2.55. The molecule has 0 saturated carbocycles. The highest BCUT2D eigenvalue weighted by atomic mass is 19.1. The normalized spacial score (nSPS) is 22.2. The van der Waals surface area contributed by atoms with E-state index >= 15 is 0 Å². The summed E-state index contributed by atoms with van der Waals surface area (Å²) in [5, 5.41) is 0.242.